The molecule has 1 fully saturated rings. The van der Waals surface area contributed by atoms with E-state index in [0.717, 1.165) is 6.20 Å². The van der Waals surface area contributed by atoms with Gasteiger partial charge in [0.2, 0.25) is 0 Å². The molecule has 0 unspecified atom stereocenters. The van der Waals surface area contributed by atoms with E-state index in [1.165, 1.54) is 29.2 Å². The molecule has 0 radical (unpaired) electrons. The number of rotatable bonds is 4. The maximum absolute atomic E-state index is 13.9. The van der Waals surface area contributed by atoms with Crippen molar-refractivity contribution in [2.75, 3.05) is 13.1 Å². The average molecular weight is 477 g/mol. The molecule has 2 amide bonds. The summed E-state index contributed by atoms with van der Waals surface area (Å²) < 4.78 is 42.4. The van der Waals surface area contributed by atoms with Gasteiger partial charge in [-0.15, -0.1) is 0 Å². The van der Waals surface area contributed by atoms with Crippen molar-refractivity contribution in [3.8, 4) is 5.69 Å². The number of carbonyl (C=O) groups excluding carboxylic acids is 2. The van der Waals surface area contributed by atoms with E-state index >= 15 is 0 Å². The van der Waals surface area contributed by atoms with Crippen LogP contribution in [0, 0.1) is 0 Å². The normalized spacial score (nSPS) is 14.8. The zero-order valence-electron chi connectivity index (χ0n) is 17.3. The van der Waals surface area contributed by atoms with Gasteiger partial charge in [0, 0.05) is 29.7 Å². The van der Waals surface area contributed by atoms with Crippen molar-refractivity contribution in [3.05, 3.63) is 82.6 Å². The molecule has 10 heteroatoms. The summed E-state index contributed by atoms with van der Waals surface area (Å²) in [6.45, 7) is 0.448. The Morgan fingerprint density at radius 3 is 2.24 bits per heavy atom. The van der Waals surface area contributed by atoms with Gasteiger partial charge in [-0.25, -0.2) is 4.68 Å². The first-order valence-corrected chi connectivity index (χ1v) is 10.7. The molecular weight excluding hydrogens is 457 g/mol. The summed E-state index contributed by atoms with van der Waals surface area (Å²) in [7, 11) is 0. The Labute approximate surface area is 192 Å². The van der Waals surface area contributed by atoms with Crippen LogP contribution in [0.1, 0.15) is 39.3 Å². The summed E-state index contributed by atoms with van der Waals surface area (Å²) in [4.78, 5) is 26.7. The number of hydrogen-bond donors (Lipinski definition) is 1. The lowest BCUT2D eigenvalue weighted by molar-refractivity contribution is -0.143. The zero-order valence-corrected chi connectivity index (χ0v) is 18.1. The van der Waals surface area contributed by atoms with Crippen molar-refractivity contribution >= 4 is 23.4 Å². The minimum absolute atomic E-state index is 0.146. The molecule has 0 atom stereocenters. The topological polar surface area (TPSA) is 67.2 Å². The molecule has 1 N–H and O–H groups in total. The highest BCUT2D eigenvalue weighted by Crippen LogP contribution is 2.34. The Morgan fingerprint density at radius 2 is 1.64 bits per heavy atom. The van der Waals surface area contributed by atoms with E-state index in [-0.39, 0.29) is 30.7 Å². The van der Waals surface area contributed by atoms with Crippen LogP contribution in [-0.2, 0) is 6.18 Å². The van der Waals surface area contributed by atoms with E-state index in [1.54, 1.807) is 24.3 Å². The summed E-state index contributed by atoms with van der Waals surface area (Å²) in [5, 5.41) is 7.12. The fourth-order valence-electron chi connectivity index (χ4n) is 3.81. The first kappa shape index (κ1) is 22.8. The maximum Gasteiger partial charge on any atom is 0.434 e. The Kier molecular flexibility index (Phi) is 6.42. The molecule has 0 spiro atoms. The highest BCUT2D eigenvalue weighted by atomic mass is 35.5. The molecule has 1 aromatic heterocycles. The smallest absolute Gasteiger partial charge is 0.349 e. The monoisotopic (exact) mass is 476 g/mol. The van der Waals surface area contributed by atoms with Gasteiger partial charge in [0.1, 0.15) is 0 Å². The highest BCUT2D eigenvalue weighted by Gasteiger charge is 2.41. The summed E-state index contributed by atoms with van der Waals surface area (Å²) >= 11 is 5.83. The van der Waals surface area contributed by atoms with Gasteiger partial charge < -0.3 is 10.2 Å². The van der Waals surface area contributed by atoms with E-state index < -0.39 is 23.3 Å². The lowest BCUT2D eigenvalue weighted by Gasteiger charge is -2.32. The molecule has 2 heterocycles. The van der Waals surface area contributed by atoms with Gasteiger partial charge in [-0.2, -0.15) is 18.3 Å². The summed E-state index contributed by atoms with van der Waals surface area (Å²) in [5.41, 5.74) is -0.966. The van der Waals surface area contributed by atoms with Crippen LogP contribution in [-0.4, -0.2) is 45.6 Å². The number of benzene rings is 2. The number of hydrogen-bond acceptors (Lipinski definition) is 3. The van der Waals surface area contributed by atoms with Crippen LogP contribution < -0.4 is 5.32 Å². The van der Waals surface area contributed by atoms with Crippen molar-refractivity contribution < 1.29 is 22.8 Å². The van der Waals surface area contributed by atoms with Crippen molar-refractivity contribution in [3.63, 3.8) is 0 Å². The minimum atomic E-state index is -4.79. The molecule has 1 saturated heterocycles. The molecular formula is C23H20ClF3N4O2. The largest absolute Gasteiger partial charge is 0.434 e. The molecule has 2 aromatic carbocycles. The van der Waals surface area contributed by atoms with E-state index in [9.17, 15) is 22.8 Å². The summed E-state index contributed by atoms with van der Waals surface area (Å²) in [6, 6.07) is 14.3. The molecule has 6 nitrogen and oxygen atoms in total. The van der Waals surface area contributed by atoms with Crippen LogP contribution in [0.5, 0.6) is 0 Å². The molecule has 0 saturated carbocycles. The lowest BCUT2D eigenvalue weighted by Crippen LogP contribution is -2.46. The molecule has 0 aliphatic carbocycles. The number of aromatic nitrogens is 2. The van der Waals surface area contributed by atoms with Gasteiger partial charge >= 0.3 is 6.18 Å². The predicted molar refractivity (Wildman–Crippen MR) is 116 cm³/mol. The van der Waals surface area contributed by atoms with Crippen molar-refractivity contribution in [1.29, 1.82) is 0 Å². The van der Waals surface area contributed by atoms with Crippen molar-refractivity contribution in [2.45, 2.75) is 25.1 Å². The van der Waals surface area contributed by atoms with Gasteiger partial charge in [-0.05, 0) is 49.2 Å². The number of piperidine rings is 1. The second-order valence-electron chi connectivity index (χ2n) is 7.70. The number of amides is 2. The zero-order chi connectivity index (χ0) is 23.6. The lowest BCUT2D eigenvalue weighted by atomic mass is 10.0. The number of nitrogens with zero attached hydrogens (tertiary/aromatic N) is 3. The van der Waals surface area contributed by atoms with Crippen LogP contribution in [0.4, 0.5) is 13.2 Å². The molecule has 172 valence electrons. The van der Waals surface area contributed by atoms with Gasteiger partial charge in [0.25, 0.3) is 11.8 Å². The van der Waals surface area contributed by atoms with Crippen molar-refractivity contribution in [1.82, 2.24) is 20.0 Å². The number of halogens is 4. The van der Waals surface area contributed by atoms with Gasteiger partial charge in [-0.1, -0.05) is 29.8 Å². The molecule has 33 heavy (non-hydrogen) atoms. The first-order chi connectivity index (χ1) is 15.7. The van der Waals surface area contributed by atoms with E-state index in [2.05, 4.69) is 10.4 Å². The summed E-state index contributed by atoms with van der Waals surface area (Å²) in [6.07, 6.45) is -2.96. The Bertz CT molecular complexity index is 1140. The van der Waals surface area contributed by atoms with Crippen LogP contribution in [0.3, 0.4) is 0 Å². The SMILES string of the molecule is O=C(NC1CCN(C(=O)c2cnn(-c3ccc(Cl)cc3)c2C(F)(F)F)CC1)c1ccccc1. The quantitative estimate of drug-likeness (QED) is 0.599. The fraction of sp³-hybridized carbons (Fsp3) is 0.261. The maximum atomic E-state index is 13.9. The predicted octanol–water partition coefficient (Wildman–Crippen LogP) is 4.58. The third-order valence-electron chi connectivity index (χ3n) is 5.49. The standard InChI is InChI=1S/C23H20ClF3N4O2/c24-16-6-8-18(9-7-16)31-20(23(25,26)27)19(14-28-31)22(33)30-12-10-17(11-13-30)29-21(32)15-4-2-1-3-5-15/h1-9,14,17H,10-13H2,(H,29,32). The Hall–Kier alpha value is -3.33. The third kappa shape index (κ3) is 5.03. The third-order valence-corrected chi connectivity index (χ3v) is 5.74. The average Bonchev–Trinajstić information content (AvgIpc) is 3.26. The number of nitrogens with one attached hydrogen (secondary N) is 1. The van der Waals surface area contributed by atoms with Gasteiger partial charge in [0.15, 0.2) is 5.69 Å². The number of carbonyl (C=O) groups is 2. The van der Waals surface area contributed by atoms with Crippen molar-refractivity contribution in [2.24, 2.45) is 0 Å². The molecule has 1 aliphatic rings. The Morgan fingerprint density at radius 1 is 1.00 bits per heavy atom. The minimum Gasteiger partial charge on any atom is -0.349 e. The Balaban J connectivity index is 1.48. The molecule has 3 aromatic rings. The van der Waals surface area contributed by atoms with Gasteiger partial charge in [0.05, 0.1) is 17.4 Å². The van der Waals surface area contributed by atoms with E-state index in [1.807, 2.05) is 6.07 Å². The molecule has 4 rings (SSSR count). The van der Waals surface area contributed by atoms with Crippen LogP contribution >= 0.6 is 11.6 Å². The molecule has 1 aliphatic heterocycles. The second kappa shape index (κ2) is 9.27. The van der Waals surface area contributed by atoms with Gasteiger partial charge in [-0.3, -0.25) is 9.59 Å². The van der Waals surface area contributed by atoms with E-state index in [4.69, 9.17) is 11.6 Å². The van der Waals surface area contributed by atoms with E-state index in [0.29, 0.717) is 28.1 Å². The number of alkyl halides is 3. The molecule has 0 bridgehead atoms. The number of likely N-dealkylation sites (tertiary alicyclic amines) is 1. The first-order valence-electron chi connectivity index (χ1n) is 10.3. The second-order valence-corrected chi connectivity index (χ2v) is 8.14. The highest BCUT2D eigenvalue weighted by molar-refractivity contribution is 6.30. The van der Waals surface area contributed by atoms with Crippen LogP contribution in [0.25, 0.3) is 5.69 Å². The van der Waals surface area contributed by atoms with Crippen LogP contribution in [0.15, 0.2) is 60.8 Å². The van der Waals surface area contributed by atoms with Crippen LogP contribution in [0.2, 0.25) is 5.02 Å². The summed E-state index contributed by atoms with van der Waals surface area (Å²) in [5.74, 6) is -0.959. The fourth-order valence-corrected chi connectivity index (χ4v) is 3.94.